The van der Waals surface area contributed by atoms with Crippen molar-refractivity contribution in [2.45, 2.75) is 19.8 Å². The lowest BCUT2D eigenvalue weighted by atomic mass is 10.0. The Morgan fingerprint density at radius 2 is 2.24 bits per heavy atom. The number of ether oxygens (including phenoxy) is 1. The molecule has 0 bridgehead atoms. The van der Waals surface area contributed by atoms with Crippen molar-refractivity contribution in [3.05, 3.63) is 30.0 Å². The highest BCUT2D eigenvalue weighted by atomic mass is 16.5. The minimum Gasteiger partial charge on any atom is -0.399 e. The van der Waals surface area contributed by atoms with Gasteiger partial charge in [-0.1, -0.05) is 0 Å². The lowest BCUT2D eigenvalue weighted by Crippen LogP contribution is -2.31. The van der Waals surface area contributed by atoms with Crippen LogP contribution in [0.15, 0.2) is 24.3 Å². The molecule has 21 heavy (non-hydrogen) atoms. The van der Waals surface area contributed by atoms with Crippen LogP contribution in [-0.2, 0) is 4.74 Å². The van der Waals surface area contributed by atoms with E-state index in [1.54, 1.807) is 0 Å². The van der Waals surface area contributed by atoms with Gasteiger partial charge in [0.1, 0.15) is 0 Å². The molecule has 4 heteroatoms. The van der Waals surface area contributed by atoms with Crippen molar-refractivity contribution in [3.8, 4) is 0 Å². The summed E-state index contributed by atoms with van der Waals surface area (Å²) in [7, 11) is 2.14. The number of nitrogens with zero attached hydrogens (tertiary/aromatic N) is 2. The molecule has 0 radical (unpaired) electrons. The zero-order valence-corrected chi connectivity index (χ0v) is 12.8. The highest BCUT2D eigenvalue weighted by Gasteiger charge is 2.17. The summed E-state index contributed by atoms with van der Waals surface area (Å²) >= 11 is 0. The molecule has 1 aromatic carbocycles. The van der Waals surface area contributed by atoms with Crippen molar-refractivity contribution >= 4 is 22.3 Å². The van der Waals surface area contributed by atoms with E-state index in [1.807, 2.05) is 25.1 Å². The Kier molecular flexibility index (Phi) is 3.97. The van der Waals surface area contributed by atoms with E-state index >= 15 is 0 Å². The monoisotopic (exact) mass is 285 g/mol. The zero-order chi connectivity index (χ0) is 14.8. The first-order valence-electron chi connectivity index (χ1n) is 7.59. The molecule has 2 heterocycles. The van der Waals surface area contributed by atoms with Gasteiger partial charge in [-0.2, -0.15) is 0 Å². The Balaban J connectivity index is 1.92. The number of nitrogens with two attached hydrogens (primary N) is 1. The molecule has 1 aliphatic heterocycles. The number of fused-ring (bicyclic) bond motifs is 1. The van der Waals surface area contributed by atoms with E-state index in [2.05, 4.69) is 23.0 Å². The summed E-state index contributed by atoms with van der Waals surface area (Å²) in [6.07, 6.45) is 2.41. The number of pyridine rings is 1. The first-order chi connectivity index (χ1) is 10.1. The minimum absolute atomic E-state index is 0.605. The normalized spacial score (nSPS) is 18.9. The molecule has 1 unspecified atom stereocenters. The van der Waals surface area contributed by atoms with E-state index in [0.717, 1.165) is 42.0 Å². The Morgan fingerprint density at radius 3 is 3.00 bits per heavy atom. The standard InChI is InChI=1S/C17H23N3O/c1-12-8-17(15-9-14(18)5-6-16(15)19-12)20(2)10-13-4-3-7-21-11-13/h5-6,8-9,13H,3-4,7,10-11,18H2,1-2H3. The summed E-state index contributed by atoms with van der Waals surface area (Å²) in [4.78, 5) is 6.91. The predicted molar refractivity (Wildman–Crippen MR) is 87.7 cm³/mol. The van der Waals surface area contributed by atoms with E-state index < -0.39 is 0 Å². The van der Waals surface area contributed by atoms with Crippen LogP contribution in [0.5, 0.6) is 0 Å². The number of benzene rings is 1. The van der Waals surface area contributed by atoms with Crippen LogP contribution in [0.2, 0.25) is 0 Å². The number of nitrogen functional groups attached to an aromatic ring is 1. The van der Waals surface area contributed by atoms with E-state index in [-0.39, 0.29) is 0 Å². The summed E-state index contributed by atoms with van der Waals surface area (Å²) in [5.74, 6) is 0.605. The summed E-state index contributed by atoms with van der Waals surface area (Å²) in [6.45, 7) is 4.83. The summed E-state index contributed by atoms with van der Waals surface area (Å²) in [5.41, 5.74) is 9.98. The first-order valence-corrected chi connectivity index (χ1v) is 7.59. The third-order valence-corrected chi connectivity index (χ3v) is 4.14. The molecule has 0 aliphatic carbocycles. The lowest BCUT2D eigenvalue weighted by molar-refractivity contribution is 0.0576. The van der Waals surface area contributed by atoms with Crippen molar-refractivity contribution in [1.29, 1.82) is 0 Å². The van der Waals surface area contributed by atoms with Gasteiger partial charge >= 0.3 is 0 Å². The molecule has 2 aromatic rings. The second-order valence-electron chi connectivity index (χ2n) is 6.02. The number of aryl methyl sites for hydroxylation is 1. The molecule has 1 aliphatic rings. The van der Waals surface area contributed by atoms with Crippen LogP contribution in [-0.4, -0.2) is 31.8 Å². The molecular weight excluding hydrogens is 262 g/mol. The fourth-order valence-corrected chi connectivity index (χ4v) is 3.11. The Bertz CT molecular complexity index is 635. The average Bonchev–Trinajstić information content (AvgIpc) is 2.48. The lowest BCUT2D eigenvalue weighted by Gasteiger charge is -2.29. The SMILES string of the molecule is Cc1cc(N(C)CC2CCCOC2)c2cc(N)ccc2n1. The van der Waals surface area contributed by atoms with Crippen LogP contribution in [0.3, 0.4) is 0 Å². The van der Waals surface area contributed by atoms with Crippen molar-refractivity contribution in [3.63, 3.8) is 0 Å². The summed E-state index contributed by atoms with van der Waals surface area (Å²) in [6, 6.07) is 8.07. The number of hydrogen-bond acceptors (Lipinski definition) is 4. The topological polar surface area (TPSA) is 51.4 Å². The maximum absolute atomic E-state index is 5.95. The largest absolute Gasteiger partial charge is 0.399 e. The Hall–Kier alpha value is -1.81. The average molecular weight is 285 g/mol. The second kappa shape index (κ2) is 5.90. The highest BCUT2D eigenvalue weighted by molar-refractivity contribution is 5.93. The van der Waals surface area contributed by atoms with Crippen LogP contribution in [0.4, 0.5) is 11.4 Å². The van der Waals surface area contributed by atoms with Gasteiger partial charge in [-0.25, -0.2) is 0 Å². The summed E-state index contributed by atoms with van der Waals surface area (Å²) < 4.78 is 5.59. The number of aromatic nitrogens is 1. The van der Waals surface area contributed by atoms with Crippen molar-refractivity contribution in [2.75, 3.05) is 37.4 Å². The van der Waals surface area contributed by atoms with Gasteiger partial charge in [0.05, 0.1) is 12.1 Å². The second-order valence-corrected chi connectivity index (χ2v) is 6.02. The van der Waals surface area contributed by atoms with Gasteiger partial charge in [0.15, 0.2) is 0 Å². The highest BCUT2D eigenvalue weighted by Crippen LogP contribution is 2.29. The Labute approximate surface area is 125 Å². The molecule has 1 saturated heterocycles. The van der Waals surface area contributed by atoms with Gasteiger partial charge in [0, 0.05) is 42.7 Å². The van der Waals surface area contributed by atoms with Crippen molar-refractivity contribution in [1.82, 2.24) is 4.98 Å². The Morgan fingerprint density at radius 1 is 1.38 bits per heavy atom. The molecule has 4 nitrogen and oxygen atoms in total. The molecule has 1 aromatic heterocycles. The predicted octanol–water partition coefficient (Wildman–Crippen LogP) is 2.99. The zero-order valence-electron chi connectivity index (χ0n) is 12.8. The third kappa shape index (κ3) is 3.10. The molecule has 1 atom stereocenters. The van der Waals surface area contributed by atoms with E-state index in [4.69, 9.17) is 10.5 Å². The molecule has 112 valence electrons. The van der Waals surface area contributed by atoms with E-state index in [1.165, 1.54) is 18.5 Å². The molecule has 3 rings (SSSR count). The minimum atomic E-state index is 0.605. The molecule has 0 spiro atoms. The maximum atomic E-state index is 5.95. The van der Waals surface area contributed by atoms with Gasteiger partial charge in [-0.15, -0.1) is 0 Å². The fraction of sp³-hybridized carbons (Fsp3) is 0.471. The van der Waals surface area contributed by atoms with Crippen LogP contribution < -0.4 is 10.6 Å². The first kappa shape index (κ1) is 14.1. The van der Waals surface area contributed by atoms with Crippen LogP contribution in [0.1, 0.15) is 18.5 Å². The molecule has 0 saturated carbocycles. The fourth-order valence-electron chi connectivity index (χ4n) is 3.11. The molecule has 2 N–H and O–H groups in total. The number of anilines is 2. The van der Waals surface area contributed by atoms with Crippen LogP contribution in [0, 0.1) is 12.8 Å². The smallest absolute Gasteiger partial charge is 0.0727 e. The number of rotatable bonds is 3. The van der Waals surface area contributed by atoms with Crippen LogP contribution in [0.25, 0.3) is 10.9 Å². The van der Waals surface area contributed by atoms with Crippen molar-refractivity contribution < 1.29 is 4.74 Å². The summed E-state index contributed by atoms with van der Waals surface area (Å²) in [5, 5.41) is 1.12. The van der Waals surface area contributed by atoms with Gasteiger partial charge < -0.3 is 15.4 Å². The van der Waals surface area contributed by atoms with Crippen LogP contribution >= 0.6 is 0 Å². The van der Waals surface area contributed by atoms with E-state index in [9.17, 15) is 0 Å². The van der Waals surface area contributed by atoms with Gasteiger partial charge in [0.2, 0.25) is 0 Å². The van der Waals surface area contributed by atoms with Gasteiger partial charge in [-0.05, 0) is 49.9 Å². The molecule has 1 fully saturated rings. The number of hydrogen-bond donors (Lipinski definition) is 1. The molecular formula is C17H23N3O. The molecule has 0 amide bonds. The van der Waals surface area contributed by atoms with E-state index in [0.29, 0.717) is 5.92 Å². The maximum Gasteiger partial charge on any atom is 0.0727 e. The quantitative estimate of drug-likeness (QED) is 0.881. The van der Waals surface area contributed by atoms with Gasteiger partial charge in [0.25, 0.3) is 0 Å². The van der Waals surface area contributed by atoms with Crippen molar-refractivity contribution in [2.24, 2.45) is 5.92 Å². The van der Waals surface area contributed by atoms with Gasteiger partial charge in [-0.3, -0.25) is 4.98 Å². The third-order valence-electron chi connectivity index (χ3n) is 4.14.